The van der Waals surface area contributed by atoms with E-state index in [0.29, 0.717) is 47.7 Å². The number of carbonyl (C=O) groups excluding carboxylic acids is 5. The maximum Gasteiger partial charge on any atom is 0.337 e. The Morgan fingerprint density at radius 3 is 1.87 bits per heavy atom. The fourth-order valence-corrected chi connectivity index (χ4v) is 20.3. The van der Waals surface area contributed by atoms with E-state index in [2.05, 4.69) is 80.7 Å². The maximum atomic E-state index is 17.2. The minimum Gasteiger partial charge on any atom is -0.459 e. The Bertz CT molecular complexity index is 2260. The summed E-state index contributed by atoms with van der Waals surface area (Å²) in [6, 6.07) is 12.8. The lowest BCUT2D eigenvalue weighted by atomic mass is 9.44. The van der Waals surface area contributed by atoms with Crippen LogP contribution >= 0.6 is 0 Å². The number of benzene rings is 1. The van der Waals surface area contributed by atoms with Crippen molar-refractivity contribution < 1.29 is 61.3 Å². The molecular weight excluding hydrogens is 1010 g/mol. The zero-order valence-electron chi connectivity index (χ0n) is 49.4. The number of fused-ring (bicyclic) bond motifs is 6. The second-order valence-electron chi connectivity index (χ2n) is 25.4. The number of Topliss-reactive ketones (excluding diaryl/α,β-unsaturated/α-hetero) is 1. The van der Waals surface area contributed by atoms with E-state index in [1.54, 1.807) is 0 Å². The van der Waals surface area contributed by atoms with Gasteiger partial charge in [-0.25, -0.2) is 4.79 Å². The molecular formula is C59H97NO13Si3. The van der Waals surface area contributed by atoms with Crippen LogP contribution in [0.25, 0.3) is 0 Å². The first-order valence-electron chi connectivity index (χ1n) is 29.1. The Kier molecular flexibility index (Phi) is 19.6. The molecule has 1 aromatic carbocycles. The van der Waals surface area contributed by atoms with Crippen molar-refractivity contribution in [1.29, 1.82) is 0 Å². The Balaban J connectivity index is 1.71. The van der Waals surface area contributed by atoms with Gasteiger partial charge in [-0.1, -0.05) is 132 Å². The van der Waals surface area contributed by atoms with Crippen molar-refractivity contribution in [2.24, 2.45) is 16.7 Å². The molecule has 2 saturated carbocycles. The second-order valence-corrected chi connectivity index (χ2v) is 39.6. The smallest absolute Gasteiger partial charge is 0.337 e. The molecule has 0 aromatic heterocycles. The number of aliphatic hydroxyl groups is 1. The molecule has 0 unspecified atom stereocenters. The molecule has 11 atom stereocenters. The van der Waals surface area contributed by atoms with E-state index in [0.717, 1.165) is 43.8 Å². The predicted molar refractivity (Wildman–Crippen MR) is 302 cm³/mol. The van der Waals surface area contributed by atoms with Gasteiger partial charge in [0, 0.05) is 38.0 Å². The number of amides is 1. The summed E-state index contributed by atoms with van der Waals surface area (Å²) in [5.74, 6) is -3.67. The van der Waals surface area contributed by atoms with Crippen LogP contribution in [0.1, 0.15) is 173 Å². The maximum absolute atomic E-state index is 17.2. The number of esters is 3. The minimum atomic E-state index is -2.84. The molecule has 2 heterocycles. The Hall–Kier alpha value is -3.04. The van der Waals surface area contributed by atoms with Crippen LogP contribution in [0.15, 0.2) is 41.5 Å². The molecule has 14 nitrogen and oxygen atoms in total. The van der Waals surface area contributed by atoms with E-state index in [9.17, 15) is 19.5 Å². The molecule has 5 aliphatic rings. The van der Waals surface area contributed by atoms with Crippen LogP contribution in [0.3, 0.4) is 0 Å². The summed E-state index contributed by atoms with van der Waals surface area (Å²) in [6.07, 6.45) is -2.39. The molecule has 1 amide bonds. The van der Waals surface area contributed by atoms with E-state index in [4.69, 9.17) is 32.2 Å². The molecule has 3 bridgehead atoms. The standard InChI is InChI=1S/C59H97NO13Si3/c1-17-75(18-2,19-3)71-43-36-44-58(38-67-44,70-40(8)61)51-53-59(66)37-42(39(7)47(56(59,12)13)49(52(64)57(43,51)14)73-76(20-4,21-5)22-6)68-54(65)50(72-74(15,16)55(9,10)11)48(41-32-28-27-29-33-41)60-45(62)34-30-25-23-24-26-31-35-46(63)69-53/h27-29,32-33,42-44,48-51,53,66H,17-26,30-31,34-38H2,1-16H3,(H,60,62)/t42-,43-,44+,48-,49+,50-,51+,53+,57-,58-,59+/m0/s1. The first-order valence-corrected chi connectivity index (χ1v) is 37.1. The molecule has 1 aromatic rings. The normalized spacial score (nSPS) is 33.3. The fourth-order valence-electron chi connectivity index (χ4n) is 13.5. The van der Waals surface area contributed by atoms with Gasteiger partial charge in [0.2, 0.25) is 5.91 Å². The van der Waals surface area contributed by atoms with Crippen LogP contribution in [-0.2, 0) is 56.2 Å². The summed E-state index contributed by atoms with van der Waals surface area (Å²) in [4.78, 5) is 75.6. The molecule has 428 valence electrons. The van der Waals surface area contributed by atoms with Gasteiger partial charge in [0.25, 0.3) is 0 Å². The summed E-state index contributed by atoms with van der Waals surface area (Å²) >= 11 is 0. The van der Waals surface area contributed by atoms with Gasteiger partial charge in [-0.3, -0.25) is 19.2 Å². The molecule has 6 rings (SSSR count). The zero-order valence-corrected chi connectivity index (χ0v) is 52.4. The number of nitrogens with one attached hydrogen (secondary N) is 1. The summed E-state index contributed by atoms with van der Waals surface area (Å²) < 4.78 is 49.3. The number of ketones is 1. The highest BCUT2D eigenvalue weighted by Gasteiger charge is 2.79. The van der Waals surface area contributed by atoms with Gasteiger partial charge in [-0.15, -0.1) is 0 Å². The van der Waals surface area contributed by atoms with Crippen LogP contribution in [-0.4, -0.2) is 114 Å². The third kappa shape index (κ3) is 11.6. The third-order valence-corrected chi connectivity index (χ3v) is 33.7. The minimum absolute atomic E-state index is 0.0294. The van der Waals surface area contributed by atoms with Crippen molar-refractivity contribution in [1.82, 2.24) is 5.32 Å². The first kappa shape index (κ1) is 62.2. The molecule has 0 spiro atoms. The van der Waals surface area contributed by atoms with E-state index < -0.39 is 113 Å². The van der Waals surface area contributed by atoms with Crippen LogP contribution in [0.2, 0.25) is 54.4 Å². The Morgan fingerprint density at radius 2 is 1.34 bits per heavy atom. The molecule has 2 N–H and O–H groups in total. The van der Waals surface area contributed by atoms with E-state index in [1.165, 1.54) is 6.92 Å². The van der Waals surface area contributed by atoms with Crippen LogP contribution in [0, 0.1) is 16.7 Å². The van der Waals surface area contributed by atoms with Crippen molar-refractivity contribution in [2.45, 2.75) is 269 Å². The van der Waals surface area contributed by atoms with Gasteiger partial charge in [-0.2, -0.15) is 0 Å². The quantitative estimate of drug-likeness (QED) is 0.0778. The SMILES string of the molecule is CC[Si](CC)(CC)O[C@H]1C(=O)[C@@]2(C)[C@@H](O[Si](CC)(CC)CC)C[C@H]3OC[C@@]3(OC(C)=O)[C@@H]2[C@H]2OC(=O)CCCCCCCCC(=O)N[C@@H](c3ccccc3)[C@H](O[Si](C)(C)C(C)(C)C)C(=O)O[C@H]3C[C@]2(O)C(C)(C)C1=C3C. The van der Waals surface area contributed by atoms with E-state index in [1.807, 2.05) is 58.0 Å². The average molecular weight is 1110 g/mol. The monoisotopic (exact) mass is 1110 g/mol. The summed E-state index contributed by atoms with van der Waals surface area (Å²) in [5, 5.41) is 17.5. The first-order chi connectivity index (χ1) is 35.6. The number of carbonyl (C=O) groups is 5. The topological polar surface area (TPSA) is 182 Å². The number of rotatable bonds is 14. The van der Waals surface area contributed by atoms with Gasteiger partial charge in [-0.05, 0) is 97.8 Å². The lowest BCUT2D eigenvalue weighted by Crippen LogP contribution is -2.82. The second kappa shape index (κ2) is 24.0. The lowest BCUT2D eigenvalue weighted by molar-refractivity contribution is -0.346. The third-order valence-electron chi connectivity index (χ3n) is 20.0. The van der Waals surface area contributed by atoms with E-state index >= 15 is 9.59 Å². The van der Waals surface area contributed by atoms with Crippen molar-refractivity contribution in [2.75, 3.05) is 6.61 Å². The fraction of sp³-hybridized carbons (Fsp3) is 0.780. The molecule has 2 saturated heterocycles. The highest BCUT2D eigenvalue weighted by molar-refractivity contribution is 6.74. The highest BCUT2D eigenvalue weighted by atomic mass is 28.4. The number of hydrogen-bond donors (Lipinski definition) is 2. The number of ether oxygens (including phenoxy) is 4. The van der Waals surface area contributed by atoms with Crippen molar-refractivity contribution in [3.63, 3.8) is 0 Å². The molecule has 0 radical (unpaired) electrons. The zero-order chi connectivity index (χ0) is 56.5. The molecule has 2 aliphatic heterocycles. The highest BCUT2D eigenvalue weighted by Crippen LogP contribution is 2.65. The van der Waals surface area contributed by atoms with Crippen molar-refractivity contribution >= 4 is 54.6 Å². The van der Waals surface area contributed by atoms with Gasteiger partial charge in [0.1, 0.15) is 30.0 Å². The van der Waals surface area contributed by atoms with Gasteiger partial charge in [0.15, 0.2) is 42.4 Å². The van der Waals surface area contributed by atoms with Gasteiger partial charge >= 0.3 is 17.9 Å². The summed E-state index contributed by atoms with van der Waals surface area (Å²) in [6.45, 7) is 31.8. The van der Waals surface area contributed by atoms with Crippen LogP contribution in [0.5, 0.6) is 0 Å². The summed E-state index contributed by atoms with van der Waals surface area (Å²) in [7, 11) is -8.18. The largest absolute Gasteiger partial charge is 0.459 e. The van der Waals surface area contributed by atoms with Gasteiger partial charge in [0.05, 0.1) is 30.1 Å². The number of hydrogen-bond acceptors (Lipinski definition) is 13. The molecule has 17 heteroatoms. The molecule has 4 fully saturated rings. The van der Waals surface area contributed by atoms with E-state index in [-0.39, 0.29) is 49.0 Å². The van der Waals surface area contributed by atoms with Gasteiger partial charge < -0.3 is 42.6 Å². The predicted octanol–water partition coefficient (Wildman–Crippen LogP) is 11.8. The van der Waals surface area contributed by atoms with Crippen LogP contribution < -0.4 is 5.32 Å². The Morgan fingerprint density at radius 1 is 0.789 bits per heavy atom. The van der Waals surface area contributed by atoms with Crippen molar-refractivity contribution in [3.05, 3.63) is 47.0 Å². The average Bonchev–Trinajstić information content (AvgIpc) is 3.41. The molecule has 76 heavy (non-hydrogen) atoms. The lowest BCUT2D eigenvalue weighted by Gasteiger charge is -2.68. The van der Waals surface area contributed by atoms with Crippen molar-refractivity contribution in [3.8, 4) is 0 Å². The van der Waals surface area contributed by atoms with Crippen LogP contribution in [0.4, 0.5) is 0 Å². The molecule has 3 aliphatic carbocycles. The summed E-state index contributed by atoms with van der Waals surface area (Å²) in [5.41, 5.74) is -5.01. The Labute approximate surface area is 459 Å².